The van der Waals surface area contributed by atoms with Gasteiger partial charge in [-0.25, -0.2) is 8.78 Å². The van der Waals surface area contributed by atoms with Gasteiger partial charge < -0.3 is 10.6 Å². The first-order chi connectivity index (χ1) is 9.97. The summed E-state index contributed by atoms with van der Waals surface area (Å²) in [4.78, 5) is 13.7. The van der Waals surface area contributed by atoms with Crippen LogP contribution in [0, 0.1) is 17.6 Å². The quantitative estimate of drug-likeness (QED) is 0.920. The molecular formula is C16H23ClF2N2O. The second-order valence-corrected chi connectivity index (χ2v) is 5.90. The SMILES string of the molecule is CN(Cc1ccc(F)cc1F)C(=O)CC1CCCCC1N.Cl. The molecule has 1 amide bonds. The van der Waals surface area contributed by atoms with E-state index in [9.17, 15) is 13.6 Å². The summed E-state index contributed by atoms with van der Waals surface area (Å²) >= 11 is 0. The molecule has 0 saturated heterocycles. The van der Waals surface area contributed by atoms with Crippen molar-refractivity contribution in [1.29, 1.82) is 0 Å². The maximum Gasteiger partial charge on any atom is 0.222 e. The van der Waals surface area contributed by atoms with Gasteiger partial charge in [-0.1, -0.05) is 18.9 Å². The average Bonchev–Trinajstić information content (AvgIpc) is 2.44. The van der Waals surface area contributed by atoms with Crippen LogP contribution in [0.5, 0.6) is 0 Å². The molecule has 1 aliphatic rings. The molecule has 2 atom stereocenters. The summed E-state index contributed by atoms with van der Waals surface area (Å²) in [6, 6.07) is 3.50. The van der Waals surface area contributed by atoms with Crippen LogP contribution in [0.4, 0.5) is 8.78 Å². The molecule has 0 spiro atoms. The highest BCUT2D eigenvalue weighted by Gasteiger charge is 2.25. The van der Waals surface area contributed by atoms with Crippen molar-refractivity contribution in [3.8, 4) is 0 Å². The summed E-state index contributed by atoms with van der Waals surface area (Å²) in [6.07, 6.45) is 4.59. The molecule has 1 aliphatic carbocycles. The molecule has 1 aromatic carbocycles. The maximum atomic E-state index is 13.6. The predicted octanol–water partition coefficient (Wildman–Crippen LogP) is 3.25. The molecule has 0 aliphatic heterocycles. The van der Waals surface area contributed by atoms with Crippen LogP contribution in [0.15, 0.2) is 18.2 Å². The first-order valence-corrected chi connectivity index (χ1v) is 7.41. The molecule has 1 saturated carbocycles. The van der Waals surface area contributed by atoms with Gasteiger partial charge in [-0.3, -0.25) is 4.79 Å². The standard InChI is InChI=1S/C16H22F2N2O.ClH/c1-20(10-12-6-7-13(17)9-14(12)18)16(21)8-11-4-2-3-5-15(11)19;/h6-7,9,11,15H,2-5,8,10,19H2,1H3;1H. The highest BCUT2D eigenvalue weighted by Crippen LogP contribution is 2.26. The molecule has 0 radical (unpaired) electrons. The van der Waals surface area contributed by atoms with Gasteiger partial charge in [-0.05, 0) is 24.8 Å². The minimum atomic E-state index is -0.621. The third-order valence-electron chi connectivity index (χ3n) is 4.25. The smallest absolute Gasteiger partial charge is 0.222 e. The van der Waals surface area contributed by atoms with Crippen molar-refractivity contribution in [1.82, 2.24) is 4.90 Å². The van der Waals surface area contributed by atoms with Crippen molar-refractivity contribution in [3.63, 3.8) is 0 Å². The van der Waals surface area contributed by atoms with Gasteiger partial charge in [0.2, 0.25) is 5.91 Å². The van der Waals surface area contributed by atoms with E-state index in [2.05, 4.69) is 0 Å². The number of halogens is 3. The molecule has 124 valence electrons. The Bertz CT molecular complexity index is 513. The number of carbonyl (C=O) groups excluding carboxylic acids is 1. The fraction of sp³-hybridized carbons (Fsp3) is 0.562. The van der Waals surface area contributed by atoms with Crippen LogP contribution in [0.1, 0.15) is 37.7 Å². The van der Waals surface area contributed by atoms with Gasteiger partial charge >= 0.3 is 0 Å². The topological polar surface area (TPSA) is 46.3 Å². The highest BCUT2D eigenvalue weighted by atomic mass is 35.5. The second kappa shape index (κ2) is 8.44. The van der Waals surface area contributed by atoms with Crippen LogP contribution in [0.3, 0.4) is 0 Å². The van der Waals surface area contributed by atoms with E-state index in [0.717, 1.165) is 31.7 Å². The Morgan fingerprint density at radius 1 is 1.32 bits per heavy atom. The zero-order chi connectivity index (χ0) is 15.4. The zero-order valence-electron chi connectivity index (χ0n) is 12.7. The van der Waals surface area contributed by atoms with Crippen LogP contribution < -0.4 is 5.73 Å². The normalized spacial score (nSPS) is 21.1. The lowest BCUT2D eigenvalue weighted by Crippen LogP contribution is -2.37. The second-order valence-electron chi connectivity index (χ2n) is 5.90. The van der Waals surface area contributed by atoms with Gasteiger partial charge in [0.05, 0.1) is 0 Å². The fourth-order valence-corrected chi connectivity index (χ4v) is 2.86. The molecule has 2 N–H and O–H groups in total. The van der Waals surface area contributed by atoms with E-state index < -0.39 is 11.6 Å². The average molecular weight is 333 g/mol. The van der Waals surface area contributed by atoms with Gasteiger partial charge in [-0.15, -0.1) is 12.4 Å². The first-order valence-electron chi connectivity index (χ1n) is 7.41. The summed E-state index contributed by atoms with van der Waals surface area (Å²) in [5.41, 5.74) is 6.37. The molecule has 1 aromatic rings. The van der Waals surface area contributed by atoms with Crippen LogP contribution in [0.25, 0.3) is 0 Å². The number of amides is 1. The number of nitrogens with two attached hydrogens (primary N) is 1. The van der Waals surface area contributed by atoms with Gasteiger partial charge in [0.1, 0.15) is 11.6 Å². The Balaban J connectivity index is 0.00000242. The van der Waals surface area contributed by atoms with Crippen LogP contribution in [-0.2, 0) is 11.3 Å². The molecule has 2 rings (SSSR count). The van der Waals surface area contributed by atoms with Crippen LogP contribution >= 0.6 is 12.4 Å². The lowest BCUT2D eigenvalue weighted by molar-refractivity contribution is -0.131. The minimum absolute atomic E-state index is 0. The monoisotopic (exact) mass is 332 g/mol. The number of rotatable bonds is 4. The van der Waals surface area contributed by atoms with Gasteiger partial charge in [-0.2, -0.15) is 0 Å². The zero-order valence-corrected chi connectivity index (χ0v) is 13.5. The Kier molecular flexibility index (Phi) is 7.23. The minimum Gasteiger partial charge on any atom is -0.341 e. The Labute approximate surface area is 136 Å². The fourth-order valence-electron chi connectivity index (χ4n) is 2.86. The molecule has 6 heteroatoms. The molecule has 22 heavy (non-hydrogen) atoms. The Hall–Kier alpha value is -1.20. The highest BCUT2D eigenvalue weighted by molar-refractivity contribution is 5.85. The number of benzene rings is 1. The van der Waals surface area contributed by atoms with Crippen molar-refractivity contribution in [3.05, 3.63) is 35.4 Å². The van der Waals surface area contributed by atoms with Gasteiger partial charge in [0.15, 0.2) is 0 Å². The molecular weight excluding hydrogens is 310 g/mol. The van der Waals surface area contributed by atoms with E-state index in [-0.39, 0.29) is 36.8 Å². The van der Waals surface area contributed by atoms with Crippen LogP contribution in [0.2, 0.25) is 0 Å². The van der Waals surface area contributed by atoms with Crippen molar-refractivity contribution in [2.45, 2.75) is 44.7 Å². The Morgan fingerprint density at radius 3 is 2.64 bits per heavy atom. The third kappa shape index (κ3) is 4.92. The summed E-state index contributed by atoms with van der Waals surface area (Å²) in [5, 5.41) is 0. The molecule has 0 bridgehead atoms. The van der Waals surface area contributed by atoms with Crippen molar-refractivity contribution in [2.24, 2.45) is 11.7 Å². The predicted molar refractivity (Wildman–Crippen MR) is 84.6 cm³/mol. The van der Waals surface area contributed by atoms with Crippen molar-refractivity contribution < 1.29 is 13.6 Å². The van der Waals surface area contributed by atoms with E-state index in [1.165, 1.54) is 17.0 Å². The van der Waals surface area contributed by atoms with E-state index in [4.69, 9.17) is 5.73 Å². The first kappa shape index (κ1) is 18.8. The summed E-state index contributed by atoms with van der Waals surface area (Å²) in [6.45, 7) is 0.146. The van der Waals surface area contributed by atoms with E-state index in [1.807, 2.05) is 0 Å². The molecule has 3 nitrogen and oxygen atoms in total. The summed E-state index contributed by atoms with van der Waals surface area (Å²) < 4.78 is 26.5. The van der Waals surface area contributed by atoms with E-state index >= 15 is 0 Å². The number of hydrogen-bond acceptors (Lipinski definition) is 2. The van der Waals surface area contributed by atoms with Crippen molar-refractivity contribution >= 4 is 18.3 Å². The molecule has 0 heterocycles. The van der Waals surface area contributed by atoms with E-state index in [1.54, 1.807) is 7.05 Å². The molecule has 1 fully saturated rings. The number of hydrogen-bond donors (Lipinski definition) is 1. The maximum absolute atomic E-state index is 13.6. The third-order valence-corrected chi connectivity index (χ3v) is 4.25. The van der Waals surface area contributed by atoms with Crippen LogP contribution in [-0.4, -0.2) is 23.9 Å². The van der Waals surface area contributed by atoms with Gasteiger partial charge in [0.25, 0.3) is 0 Å². The van der Waals surface area contributed by atoms with Gasteiger partial charge in [0, 0.05) is 37.7 Å². The lowest BCUT2D eigenvalue weighted by atomic mass is 9.83. The molecule has 0 aromatic heterocycles. The van der Waals surface area contributed by atoms with Crippen molar-refractivity contribution in [2.75, 3.05) is 7.05 Å². The molecule has 2 unspecified atom stereocenters. The lowest BCUT2D eigenvalue weighted by Gasteiger charge is -2.29. The van der Waals surface area contributed by atoms with E-state index in [0.29, 0.717) is 12.0 Å². The number of nitrogens with zero attached hydrogens (tertiary/aromatic N) is 1. The summed E-state index contributed by atoms with van der Waals surface area (Å²) in [5.74, 6) is -1.06. The summed E-state index contributed by atoms with van der Waals surface area (Å²) in [7, 11) is 1.64. The number of carbonyl (C=O) groups is 1. The largest absolute Gasteiger partial charge is 0.341 e. The Morgan fingerprint density at radius 2 is 2.00 bits per heavy atom.